The molecule has 15 heavy (non-hydrogen) atoms. The monoisotopic (exact) mass is 238 g/mol. The Morgan fingerprint density at radius 3 is 3.20 bits per heavy atom. The van der Waals surface area contributed by atoms with Crippen LogP contribution in [-0.4, -0.2) is 15.6 Å². The highest BCUT2D eigenvalue weighted by atomic mass is 32.2. The minimum absolute atomic E-state index is 0.445. The molecule has 2 rings (SSSR count). The third-order valence-electron chi connectivity index (χ3n) is 2.07. The highest BCUT2D eigenvalue weighted by Gasteiger charge is 2.02. The molecule has 0 saturated heterocycles. The van der Waals surface area contributed by atoms with Gasteiger partial charge in [0.25, 0.3) is 0 Å². The van der Waals surface area contributed by atoms with E-state index in [0.717, 1.165) is 10.9 Å². The van der Waals surface area contributed by atoms with E-state index in [4.69, 9.17) is 15.0 Å². The lowest BCUT2D eigenvalue weighted by Gasteiger charge is -2.03. The number of rotatable bonds is 2. The lowest BCUT2D eigenvalue weighted by Crippen LogP contribution is -2.16. The maximum atomic E-state index is 8.03. The maximum Gasteiger partial charge on any atom is 0.133 e. The number of nitrogens with one attached hydrogen (secondary N) is 2. The summed E-state index contributed by atoms with van der Waals surface area (Å²) in [7, 11) is 0. The van der Waals surface area contributed by atoms with Crippen LogP contribution in [-0.2, 0) is 6.50 Å². The molecular weight excluding hydrogens is 224 g/mol. The minimum Gasteiger partial charge on any atom is -0.367 e. The third-order valence-corrected chi connectivity index (χ3v) is 3.15. The van der Waals surface area contributed by atoms with Crippen molar-refractivity contribution in [3.63, 3.8) is 0 Å². The van der Waals surface area contributed by atoms with Gasteiger partial charge in [0, 0.05) is 23.6 Å². The Morgan fingerprint density at radius 2 is 2.40 bits per heavy atom. The molecule has 2 N–H and O–H groups in total. The van der Waals surface area contributed by atoms with E-state index in [1.807, 2.05) is 30.5 Å². The average Bonchev–Trinajstić information content (AvgIpc) is 2.72. The number of hydrogen-bond acceptors (Lipinski definition) is 2. The highest BCUT2D eigenvalue weighted by Crippen LogP contribution is 2.17. The first kappa shape index (κ1) is 8.19. The second-order valence-electron chi connectivity index (χ2n) is 2.99. The number of H-pyrrole nitrogens is 1. The Bertz CT molecular complexity index is 551. The van der Waals surface area contributed by atoms with Crippen molar-refractivity contribution in [2.75, 3.05) is 6.26 Å². The lowest BCUT2D eigenvalue weighted by molar-refractivity contribution is 0.948. The topological polar surface area (TPSA) is 27.8 Å². The molecule has 1 heterocycles. The van der Waals surface area contributed by atoms with Crippen LogP contribution >= 0.6 is 24.0 Å². The number of para-hydroxylation sites is 1. The molecule has 0 atom stereocenters. The maximum absolute atomic E-state index is 8.03. The van der Waals surface area contributed by atoms with Crippen molar-refractivity contribution >= 4 is 39.2 Å². The first-order valence-electron chi connectivity index (χ1n) is 5.47. The first-order chi connectivity index (χ1) is 8.04. The van der Waals surface area contributed by atoms with Gasteiger partial charge in [0.15, 0.2) is 0 Å². The summed E-state index contributed by atoms with van der Waals surface area (Å²) in [6, 6.07) is 7.62. The van der Waals surface area contributed by atoms with Gasteiger partial charge in [-0.1, -0.05) is 30.4 Å². The van der Waals surface area contributed by atoms with Gasteiger partial charge in [-0.05, 0) is 17.9 Å². The fourth-order valence-corrected chi connectivity index (χ4v) is 1.55. The Labute approximate surface area is 101 Å². The van der Waals surface area contributed by atoms with E-state index < -0.39 is 6.50 Å². The standard InChI is InChI=1S/C11H12N2S2/c1-15-11(14)13-7-8-6-12-10-5-3-2-4-9(8)10/h2-6,12H,7H2,1H3,(H,13,14)/i7D2. The molecule has 78 valence electrons. The summed E-state index contributed by atoms with van der Waals surface area (Å²) < 4.78 is 16.5. The normalized spacial score (nSPS) is 13.4. The van der Waals surface area contributed by atoms with E-state index in [2.05, 4.69) is 10.3 Å². The van der Waals surface area contributed by atoms with Crippen LogP contribution in [0.5, 0.6) is 0 Å². The Morgan fingerprint density at radius 1 is 1.60 bits per heavy atom. The number of thioether (sulfide) groups is 1. The summed E-state index contributed by atoms with van der Waals surface area (Å²) in [6.45, 7) is -1.67. The van der Waals surface area contributed by atoms with Crippen LogP contribution in [0.2, 0.25) is 0 Å². The van der Waals surface area contributed by atoms with Gasteiger partial charge in [0.05, 0.1) is 2.74 Å². The molecule has 2 aromatic rings. The van der Waals surface area contributed by atoms with E-state index in [-0.39, 0.29) is 0 Å². The fraction of sp³-hybridized carbons (Fsp3) is 0.182. The van der Waals surface area contributed by atoms with Gasteiger partial charge < -0.3 is 10.3 Å². The van der Waals surface area contributed by atoms with Crippen LogP contribution < -0.4 is 5.32 Å². The minimum atomic E-state index is -1.67. The second-order valence-corrected chi connectivity index (χ2v) is 4.47. The highest BCUT2D eigenvalue weighted by molar-refractivity contribution is 8.22. The van der Waals surface area contributed by atoms with Crippen molar-refractivity contribution in [2.24, 2.45) is 0 Å². The van der Waals surface area contributed by atoms with E-state index in [1.54, 1.807) is 6.20 Å². The summed E-state index contributed by atoms with van der Waals surface area (Å²) in [6.07, 6.45) is 3.50. The first-order valence-corrected chi connectivity index (χ1v) is 6.10. The van der Waals surface area contributed by atoms with Crippen molar-refractivity contribution in [1.29, 1.82) is 0 Å². The molecular formula is C11H12N2S2. The summed E-state index contributed by atoms with van der Waals surface area (Å²) in [5.74, 6) is 0. The molecule has 0 aliphatic carbocycles. The largest absolute Gasteiger partial charge is 0.367 e. The van der Waals surface area contributed by atoms with Crippen molar-refractivity contribution in [2.45, 2.75) is 6.50 Å². The molecule has 4 heteroatoms. The van der Waals surface area contributed by atoms with E-state index >= 15 is 0 Å². The zero-order valence-corrected chi connectivity index (χ0v) is 9.84. The van der Waals surface area contributed by atoms with Crippen LogP contribution in [0.15, 0.2) is 30.5 Å². The van der Waals surface area contributed by atoms with E-state index in [9.17, 15) is 0 Å². The van der Waals surface area contributed by atoms with Crippen LogP contribution in [0.4, 0.5) is 0 Å². The van der Waals surface area contributed by atoms with E-state index in [0.29, 0.717) is 9.88 Å². The van der Waals surface area contributed by atoms with Crippen LogP contribution in [0.3, 0.4) is 0 Å². The molecule has 0 fully saturated rings. The summed E-state index contributed by atoms with van der Waals surface area (Å²) in [5, 5.41) is 3.58. The van der Waals surface area contributed by atoms with Crippen LogP contribution in [0, 0.1) is 0 Å². The Hall–Kier alpha value is -1.00. The fourth-order valence-electron chi connectivity index (χ4n) is 1.34. The average molecular weight is 238 g/mol. The molecule has 0 radical (unpaired) electrons. The smallest absolute Gasteiger partial charge is 0.133 e. The number of hydrogen-bond donors (Lipinski definition) is 2. The van der Waals surface area contributed by atoms with Gasteiger partial charge in [-0.25, -0.2) is 0 Å². The Kier molecular flexibility index (Phi) is 2.55. The van der Waals surface area contributed by atoms with Crippen molar-refractivity contribution in [3.8, 4) is 0 Å². The number of aromatic nitrogens is 1. The SMILES string of the molecule is [2H]C([2H])(NC(=S)SC)c1c[nH]c2ccccc12. The molecule has 1 aromatic heterocycles. The molecule has 0 amide bonds. The number of fused-ring (bicyclic) bond motifs is 1. The number of thiocarbonyl (C=S) groups is 1. The second kappa shape index (κ2) is 4.68. The number of aromatic amines is 1. The molecule has 0 spiro atoms. The summed E-state index contributed by atoms with van der Waals surface area (Å²) in [4.78, 5) is 3.06. The molecule has 0 saturated carbocycles. The molecule has 0 bridgehead atoms. The molecule has 0 unspecified atom stereocenters. The van der Waals surface area contributed by atoms with Gasteiger partial charge in [-0.3, -0.25) is 0 Å². The van der Waals surface area contributed by atoms with Gasteiger partial charge in [0.2, 0.25) is 0 Å². The van der Waals surface area contributed by atoms with E-state index in [1.165, 1.54) is 11.8 Å². The van der Waals surface area contributed by atoms with Crippen molar-refractivity contribution in [1.82, 2.24) is 10.3 Å². The summed E-state index contributed by atoms with van der Waals surface area (Å²) in [5.41, 5.74) is 1.49. The van der Waals surface area contributed by atoms with Gasteiger partial charge in [-0.2, -0.15) is 0 Å². The van der Waals surface area contributed by atoms with Crippen molar-refractivity contribution < 1.29 is 2.74 Å². The quantitative estimate of drug-likeness (QED) is 0.788. The summed E-state index contributed by atoms with van der Waals surface area (Å²) >= 11 is 6.33. The van der Waals surface area contributed by atoms with Gasteiger partial charge in [0.1, 0.15) is 4.32 Å². The van der Waals surface area contributed by atoms with Crippen molar-refractivity contribution in [3.05, 3.63) is 36.0 Å². The molecule has 0 aliphatic rings. The molecule has 0 aliphatic heterocycles. The Balaban J connectivity index is 2.41. The van der Waals surface area contributed by atoms with Gasteiger partial charge in [-0.15, -0.1) is 11.8 Å². The predicted octanol–water partition coefficient (Wildman–Crippen LogP) is 2.91. The van der Waals surface area contributed by atoms with Gasteiger partial charge >= 0.3 is 0 Å². The zero-order valence-electron chi connectivity index (χ0n) is 10.2. The molecule has 2 nitrogen and oxygen atoms in total. The van der Waals surface area contributed by atoms with Crippen LogP contribution in [0.1, 0.15) is 8.30 Å². The third kappa shape index (κ3) is 2.33. The molecule has 1 aromatic carbocycles. The van der Waals surface area contributed by atoms with Crippen LogP contribution in [0.25, 0.3) is 10.9 Å². The lowest BCUT2D eigenvalue weighted by atomic mass is 10.2. The number of benzene rings is 1. The predicted molar refractivity (Wildman–Crippen MR) is 71.3 cm³/mol. The zero-order chi connectivity index (χ0) is 12.5.